The number of rotatable bonds is 1. The SMILES string of the molecule is CC(=O)OC1CC(O)CCC2(C#CC3CCCC4CC(CCN4)Oc4cc(ccc4O)CC31)CCN1CC3CC(C1)CN(CN=C(N)NC2)C3. The van der Waals surface area contributed by atoms with Gasteiger partial charge in [-0.05, 0) is 100 Å². The van der Waals surface area contributed by atoms with Crippen LogP contribution in [0.4, 0.5) is 0 Å². The van der Waals surface area contributed by atoms with Crippen LogP contribution in [0.1, 0.15) is 76.7 Å². The zero-order chi connectivity index (χ0) is 34.7. The third-order valence-corrected chi connectivity index (χ3v) is 12.3. The first-order valence-corrected chi connectivity index (χ1v) is 19.3. The van der Waals surface area contributed by atoms with Crippen LogP contribution in [0.3, 0.4) is 0 Å². The number of piperidine rings is 3. The Kier molecular flexibility index (Phi) is 11.1. The second-order valence-corrected chi connectivity index (χ2v) is 16.3. The van der Waals surface area contributed by atoms with Crippen molar-refractivity contribution in [1.29, 1.82) is 0 Å². The summed E-state index contributed by atoms with van der Waals surface area (Å²) in [7, 11) is 0. The number of nitrogens with zero attached hydrogens (tertiary/aromatic N) is 3. The zero-order valence-electron chi connectivity index (χ0n) is 29.8. The summed E-state index contributed by atoms with van der Waals surface area (Å²) in [5, 5.41) is 29.6. The summed E-state index contributed by atoms with van der Waals surface area (Å²) in [6.07, 6.45) is 7.87. The van der Waals surface area contributed by atoms with E-state index in [1.807, 2.05) is 12.1 Å². The van der Waals surface area contributed by atoms with Crippen LogP contribution in [0.15, 0.2) is 23.2 Å². The number of carbonyl (C=O) groups excluding carboxylic acids is 1. The van der Waals surface area contributed by atoms with Crippen LogP contribution in [0.2, 0.25) is 0 Å². The lowest BCUT2D eigenvalue weighted by Gasteiger charge is -2.46. The number of ether oxygens (including phenoxy) is 2. The maximum Gasteiger partial charge on any atom is 0.302 e. The summed E-state index contributed by atoms with van der Waals surface area (Å²) in [6.45, 7) is 8.83. The van der Waals surface area contributed by atoms with Gasteiger partial charge in [-0.25, -0.2) is 4.99 Å². The molecule has 274 valence electrons. The average Bonchev–Trinajstić information content (AvgIpc) is 3.09. The van der Waals surface area contributed by atoms with Crippen molar-refractivity contribution in [3.63, 3.8) is 0 Å². The van der Waals surface area contributed by atoms with Gasteiger partial charge < -0.3 is 41.0 Å². The Balaban J connectivity index is 1.25. The van der Waals surface area contributed by atoms with E-state index in [1.165, 1.54) is 13.3 Å². The molecule has 8 bridgehead atoms. The highest BCUT2D eigenvalue weighted by Gasteiger charge is 2.39. The lowest BCUT2D eigenvalue weighted by Crippen LogP contribution is -2.53. The molecule has 3 saturated heterocycles. The molecule has 1 aromatic rings. The van der Waals surface area contributed by atoms with Gasteiger partial charge in [-0.1, -0.05) is 24.3 Å². The van der Waals surface area contributed by atoms with Gasteiger partial charge in [-0.3, -0.25) is 9.69 Å². The third kappa shape index (κ3) is 8.87. The summed E-state index contributed by atoms with van der Waals surface area (Å²) < 4.78 is 12.5. The van der Waals surface area contributed by atoms with Gasteiger partial charge in [0.25, 0.3) is 0 Å². The molecule has 11 heteroatoms. The lowest BCUT2D eigenvalue weighted by atomic mass is 9.73. The molecule has 0 amide bonds. The molecule has 6 aliphatic heterocycles. The molecule has 1 aliphatic carbocycles. The van der Waals surface area contributed by atoms with Gasteiger partial charge in [-0.2, -0.15) is 0 Å². The van der Waals surface area contributed by atoms with Gasteiger partial charge in [-0.15, -0.1) is 0 Å². The number of aromatic hydroxyl groups is 1. The van der Waals surface area contributed by atoms with Gasteiger partial charge in [0, 0.05) is 63.9 Å². The molecule has 9 unspecified atom stereocenters. The molecule has 0 saturated carbocycles. The molecule has 6 heterocycles. The van der Waals surface area contributed by atoms with Crippen LogP contribution in [0.5, 0.6) is 11.5 Å². The molecule has 50 heavy (non-hydrogen) atoms. The van der Waals surface area contributed by atoms with E-state index in [4.69, 9.17) is 20.2 Å². The number of carbonyl (C=O) groups is 1. The first-order chi connectivity index (χ1) is 24.2. The molecule has 0 aromatic heterocycles. The number of benzene rings is 1. The zero-order valence-corrected chi connectivity index (χ0v) is 29.8. The minimum absolute atomic E-state index is 0.0412. The largest absolute Gasteiger partial charge is 0.504 e. The van der Waals surface area contributed by atoms with Crippen molar-refractivity contribution in [2.24, 2.45) is 39.8 Å². The van der Waals surface area contributed by atoms with Gasteiger partial charge in [0.1, 0.15) is 12.2 Å². The molecular formula is C39H58N6O5. The van der Waals surface area contributed by atoms with Gasteiger partial charge in [0.2, 0.25) is 0 Å². The van der Waals surface area contributed by atoms with Crippen LogP contribution in [0.25, 0.3) is 0 Å². The molecule has 11 nitrogen and oxygen atoms in total. The molecule has 1 aromatic carbocycles. The Bertz CT molecular complexity index is 1430. The highest BCUT2D eigenvalue weighted by molar-refractivity contribution is 5.77. The summed E-state index contributed by atoms with van der Waals surface area (Å²) in [5.74, 6) is 9.55. The van der Waals surface area contributed by atoms with Crippen molar-refractivity contribution in [2.75, 3.05) is 52.5 Å². The third-order valence-electron chi connectivity index (χ3n) is 12.3. The van der Waals surface area contributed by atoms with E-state index >= 15 is 0 Å². The average molecular weight is 691 g/mol. The van der Waals surface area contributed by atoms with Crippen LogP contribution < -0.4 is 21.1 Å². The van der Waals surface area contributed by atoms with Crippen molar-refractivity contribution < 1.29 is 24.5 Å². The van der Waals surface area contributed by atoms with E-state index in [1.54, 1.807) is 6.07 Å². The maximum atomic E-state index is 12.6. The number of aliphatic hydroxyl groups is 1. The smallest absolute Gasteiger partial charge is 0.302 e. The minimum Gasteiger partial charge on any atom is -0.504 e. The summed E-state index contributed by atoms with van der Waals surface area (Å²) in [6, 6.07) is 5.92. The number of phenolic OH excluding ortho intramolecular Hbond substituents is 1. The molecule has 7 aliphatic rings. The molecule has 1 spiro atoms. The highest BCUT2D eigenvalue weighted by Crippen LogP contribution is 2.39. The number of nitrogens with one attached hydrogen (secondary N) is 2. The van der Waals surface area contributed by atoms with Crippen LogP contribution >= 0.6 is 0 Å². The number of esters is 1. The fourth-order valence-electron chi connectivity index (χ4n) is 9.76. The lowest BCUT2D eigenvalue weighted by molar-refractivity contribution is -0.152. The number of nitrogens with two attached hydrogens (primary N) is 1. The standard InChI is InChI=1S/C39H58N6O5/c1-26(46)49-36-19-32(47)8-11-39(12-14-44-20-28-15-29(21-44)23-45(22-28)25-43-38(40)42-24-39)10-7-30-3-2-4-31-18-33(9-13-41-31)50-37-17-27(16-34(30)36)5-6-35(37)48/h5-6,17,28-34,36,41,47-48H,2-4,8-9,11-16,18-25H2,1H3,(H3,40,42,43). The Hall–Kier alpha value is -3.04. The first-order valence-electron chi connectivity index (χ1n) is 19.3. The summed E-state index contributed by atoms with van der Waals surface area (Å²) >= 11 is 0. The predicted molar refractivity (Wildman–Crippen MR) is 192 cm³/mol. The highest BCUT2D eigenvalue weighted by atomic mass is 16.5. The number of hydrogen-bond donors (Lipinski definition) is 5. The van der Waals surface area contributed by atoms with E-state index in [0.717, 1.165) is 83.4 Å². The second kappa shape index (κ2) is 15.7. The summed E-state index contributed by atoms with van der Waals surface area (Å²) in [4.78, 5) is 22.4. The molecule has 8 rings (SSSR count). The summed E-state index contributed by atoms with van der Waals surface area (Å²) in [5.41, 5.74) is 7.08. The maximum absolute atomic E-state index is 12.6. The quantitative estimate of drug-likeness (QED) is 0.221. The van der Waals surface area contributed by atoms with E-state index in [2.05, 4.69) is 32.3 Å². The number of fused-ring (bicyclic) bond motifs is 9. The van der Waals surface area contributed by atoms with Gasteiger partial charge in [0.05, 0.1) is 18.2 Å². The fraction of sp³-hybridized carbons (Fsp3) is 0.744. The minimum atomic E-state index is -0.654. The second-order valence-electron chi connectivity index (χ2n) is 16.3. The molecule has 9 atom stereocenters. The molecule has 3 fully saturated rings. The van der Waals surface area contributed by atoms with Crippen molar-refractivity contribution >= 4 is 11.9 Å². The fourth-order valence-corrected chi connectivity index (χ4v) is 9.76. The number of aliphatic hydroxyl groups excluding tert-OH is 1. The Morgan fingerprint density at radius 2 is 1.90 bits per heavy atom. The first kappa shape index (κ1) is 35.4. The monoisotopic (exact) mass is 690 g/mol. The normalized spacial score (nSPS) is 39.4. The number of hydrogen-bond acceptors (Lipinski definition) is 11. The Morgan fingerprint density at radius 1 is 1.08 bits per heavy atom. The number of guanidine groups is 1. The van der Waals surface area contributed by atoms with Crippen LogP contribution in [-0.2, 0) is 16.0 Å². The Morgan fingerprint density at radius 3 is 2.72 bits per heavy atom. The topological polar surface area (TPSA) is 145 Å². The Labute approximate surface area is 297 Å². The molecular weight excluding hydrogens is 632 g/mol. The van der Waals surface area contributed by atoms with Crippen molar-refractivity contribution in [3.05, 3.63) is 23.8 Å². The number of aliphatic imine (C=N–C) groups is 1. The van der Waals surface area contributed by atoms with Crippen LogP contribution in [0, 0.1) is 40.9 Å². The number of phenols is 1. The van der Waals surface area contributed by atoms with Crippen molar-refractivity contribution in [2.45, 2.75) is 102 Å². The van der Waals surface area contributed by atoms with E-state index in [0.29, 0.717) is 68.5 Å². The molecule has 6 N–H and O–H groups in total. The predicted octanol–water partition coefficient (Wildman–Crippen LogP) is 2.84. The van der Waals surface area contributed by atoms with Crippen molar-refractivity contribution in [1.82, 2.24) is 20.4 Å². The van der Waals surface area contributed by atoms with E-state index in [9.17, 15) is 15.0 Å². The van der Waals surface area contributed by atoms with Crippen LogP contribution in [-0.4, -0.2) is 109 Å². The van der Waals surface area contributed by atoms with Gasteiger partial charge in [0.15, 0.2) is 17.5 Å². The van der Waals surface area contributed by atoms with E-state index < -0.39 is 17.6 Å². The van der Waals surface area contributed by atoms with Gasteiger partial charge >= 0.3 is 5.97 Å². The van der Waals surface area contributed by atoms with Crippen molar-refractivity contribution in [3.8, 4) is 23.3 Å². The molecule has 0 radical (unpaired) electrons. The van der Waals surface area contributed by atoms with E-state index in [-0.39, 0.29) is 29.7 Å².